The highest BCUT2D eigenvalue weighted by molar-refractivity contribution is 7.12. The number of thiophene rings is 1. The van der Waals surface area contributed by atoms with Crippen LogP contribution in [0.4, 0.5) is 0 Å². The number of amides is 2. The van der Waals surface area contributed by atoms with Crippen molar-refractivity contribution in [1.29, 1.82) is 0 Å². The fourth-order valence-corrected chi connectivity index (χ4v) is 4.54. The molecule has 0 aliphatic carbocycles. The van der Waals surface area contributed by atoms with E-state index in [0.717, 1.165) is 28.8 Å². The molecule has 6 heteroatoms. The SMILES string of the molecule is Cc1[nH]c2ccc(CNC(=O)C3CCN(C(=O)c4cccs4)CC3)cc2c1C. The summed E-state index contributed by atoms with van der Waals surface area (Å²) in [6.07, 6.45) is 1.44. The fourth-order valence-electron chi connectivity index (χ4n) is 3.85. The number of hydrogen-bond acceptors (Lipinski definition) is 3. The van der Waals surface area contributed by atoms with Crippen LogP contribution in [0.5, 0.6) is 0 Å². The Morgan fingerprint density at radius 1 is 1.21 bits per heavy atom. The topological polar surface area (TPSA) is 65.2 Å². The minimum atomic E-state index is -0.0210. The molecule has 3 heterocycles. The Labute approximate surface area is 168 Å². The van der Waals surface area contributed by atoms with Crippen LogP contribution in [-0.2, 0) is 11.3 Å². The van der Waals surface area contributed by atoms with Gasteiger partial charge < -0.3 is 15.2 Å². The highest BCUT2D eigenvalue weighted by atomic mass is 32.1. The molecule has 0 saturated carbocycles. The molecule has 1 aliphatic heterocycles. The monoisotopic (exact) mass is 395 g/mol. The van der Waals surface area contributed by atoms with Gasteiger partial charge in [0, 0.05) is 42.1 Å². The number of aryl methyl sites for hydroxylation is 2. The number of aromatic nitrogens is 1. The maximum Gasteiger partial charge on any atom is 0.263 e. The quantitative estimate of drug-likeness (QED) is 0.701. The van der Waals surface area contributed by atoms with Crippen LogP contribution >= 0.6 is 11.3 Å². The molecule has 0 atom stereocenters. The van der Waals surface area contributed by atoms with E-state index in [1.165, 1.54) is 28.0 Å². The first kappa shape index (κ1) is 18.7. The molecule has 0 spiro atoms. The third-order valence-electron chi connectivity index (χ3n) is 5.72. The molecule has 2 aromatic heterocycles. The van der Waals surface area contributed by atoms with E-state index in [4.69, 9.17) is 0 Å². The van der Waals surface area contributed by atoms with E-state index in [0.29, 0.717) is 19.6 Å². The summed E-state index contributed by atoms with van der Waals surface area (Å²) < 4.78 is 0. The van der Waals surface area contributed by atoms with Gasteiger partial charge in [-0.1, -0.05) is 12.1 Å². The molecule has 4 rings (SSSR count). The van der Waals surface area contributed by atoms with Gasteiger partial charge in [0.1, 0.15) is 0 Å². The number of rotatable bonds is 4. The van der Waals surface area contributed by atoms with Crippen molar-refractivity contribution in [3.05, 3.63) is 57.4 Å². The molecular weight excluding hydrogens is 370 g/mol. The van der Waals surface area contributed by atoms with Crippen LogP contribution in [-0.4, -0.2) is 34.8 Å². The van der Waals surface area contributed by atoms with Crippen molar-refractivity contribution < 1.29 is 9.59 Å². The largest absolute Gasteiger partial charge is 0.358 e. The zero-order valence-electron chi connectivity index (χ0n) is 16.2. The van der Waals surface area contributed by atoms with Crippen LogP contribution in [0.3, 0.4) is 0 Å². The van der Waals surface area contributed by atoms with Gasteiger partial charge in [-0.15, -0.1) is 11.3 Å². The minimum absolute atomic E-state index is 0.0210. The summed E-state index contributed by atoms with van der Waals surface area (Å²) >= 11 is 1.47. The van der Waals surface area contributed by atoms with Crippen molar-refractivity contribution in [2.24, 2.45) is 5.92 Å². The van der Waals surface area contributed by atoms with Crippen molar-refractivity contribution in [2.45, 2.75) is 33.2 Å². The Bertz CT molecular complexity index is 998. The Morgan fingerprint density at radius 3 is 2.71 bits per heavy atom. The zero-order chi connectivity index (χ0) is 19.7. The number of carbonyl (C=O) groups excluding carboxylic acids is 2. The molecule has 28 heavy (non-hydrogen) atoms. The summed E-state index contributed by atoms with van der Waals surface area (Å²) in [5, 5.41) is 6.21. The summed E-state index contributed by atoms with van der Waals surface area (Å²) in [6, 6.07) is 10.0. The average Bonchev–Trinajstić information content (AvgIpc) is 3.35. The van der Waals surface area contributed by atoms with Gasteiger partial charge in [0.05, 0.1) is 4.88 Å². The Balaban J connectivity index is 1.31. The lowest BCUT2D eigenvalue weighted by atomic mass is 9.95. The first-order valence-electron chi connectivity index (χ1n) is 9.71. The molecule has 0 unspecified atom stereocenters. The number of carbonyl (C=O) groups is 2. The van der Waals surface area contributed by atoms with Gasteiger partial charge in [-0.05, 0) is 61.4 Å². The summed E-state index contributed by atoms with van der Waals surface area (Å²) in [5.74, 6) is 0.150. The van der Waals surface area contributed by atoms with E-state index in [1.54, 1.807) is 0 Å². The number of benzene rings is 1. The van der Waals surface area contributed by atoms with E-state index in [2.05, 4.69) is 42.3 Å². The maximum absolute atomic E-state index is 12.6. The van der Waals surface area contributed by atoms with Gasteiger partial charge in [0.15, 0.2) is 0 Å². The smallest absolute Gasteiger partial charge is 0.263 e. The molecule has 2 N–H and O–H groups in total. The number of hydrogen-bond donors (Lipinski definition) is 2. The molecule has 1 saturated heterocycles. The number of likely N-dealkylation sites (tertiary alicyclic amines) is 1. The molecule has 2 amide bonds. The molecule has 1 aliphatic rings. The molecule has 0 bridgehead atoms. The average molecular weight is 396 g/mol. The lowest BCUT2D eigenvalue weighted by Crippen LogP contribution is -2.42. The van der Waals surface area contributed by atoms with Crippen LogP contribution in [0.25, 0.3) is 10.9 Å². The molecular formula is C22H25N3O2S. The first-order valence-corrected chi connectivity index (χ1v) is 10.6. The predicted octanol–water partition coefficient (Wildman–Crippen LogP) is 4.01. The standard InChI is InChI=1S/C22H25N3O2S/c1-14-15(2)24-19-6-5-16(12-18(14)19)13-23-21(26)17-7-9-25(10-8-17)22(27)20-4-3-11-28-20/h3-6,11-12,17,24H,7-10,13H2,1-2H3,(H,23,26). The summed E-state index contributed by atoms with van der Waals surface area (Å²) in [6.45, 7) is 6.01. The third-order valence-corrected chi connectivity index (χ3v) is 6.58. The predicted molar refractivity (Wildman–Crippen MR) is 113 cm³/mol. The fraction of sp³-hybridized carbons (Fsp3) is 0.364. The van der Waals surface area contributed by atoms with Crippen molar-refractivity contribution >= 4 is 34.1 Å². The van der Waals surface area contributed by atoms with Crippen LogP contribution < -0.4 is 5.32 Å². The molecule has 1 fully saturated rings. The van der Waals surface area contributed by atoms with Crippen molar-refractivity contribution in [3.63, 3.8) is 0 Å². The second-order valence-corrected chi connectivity index (χ2v) is 8.46. The number of nitrogens with zero attached hydrogens (tertiary/aromatic N) is 1. The van der Waals surface area contributed by atoms with E-state index < -0.39 is 0 Å². The summed E-state index contributed by atoms with van der Waals surface area (Å²) in [5.41, 5.74) is 4.67. The van der Waals surface area contributed by atoms with E-state index in [9.17, 15) is 9.59 Å². The first-order chi connectivity index (χ1) is 13.5. The van der Waals surface area contributed by atoms with Gasteiger partial charge in [-0.2, -0.15) is 0 Å². The second-order valence-electron chi connectivity index (χ2n) is 7.52. The number of aromatic amines is 1. The van der Waals surface area contributed by atoms with Crippen LogP contribution in [0.1, 0.15) is 39.3 Å². The third kappa shape index (κ3) is 3.69. The van der Waals surface area contributed by atoms with Crippen molar-refractivity contribution in [1.82, 2.24) is 15.2 Å². The van der Waals surface area contributed by atoms with Gasteiger partial charge in [-0.25, -0.2) is 0 Å². The van der Waals surface area contributed by atoms with Crippen molar-refractivity contribution in [2.75, 3.05) is 13.1 Å². The highest BCUT2D eigenvalue weighted by Gasteiger charge is 2.28. The summed E-state index contributed by atoms with van der Waals surface area (Å²) in [7, 11) is 0. The second kappa shape index (κ2) is 7.80. The van der Waals surface area contributed by atoms with Crippen LogP contribution in [0.15, 0.2) is 35.7 Å². The maximum atomic E-state index is 12.6. The summed E-state index contributed by atoms with van der Waals surface area (Å²) in [4.78, 5) is 31.0. The van der Waals surface area contributed by atoms with Gasteiger partial charge >= 0.3 is 0 Å². The lowest BCUT2D eigenvalue weighted by Gasteiger charge is -2.31. The normalized spacial score (nSPS) is 15.1. The molecule has 0 radical (unpaired) electrons. The van der Waals surface area contributed by atoms with Gasteiger partial charge in [0.25, 0.3) is 5.91 Å². The number of fused-ring (bicyclic) bond motifs is 1. The Kier molecular flexibility index (Phi) is 5.22. The lowest BCUT2D eigenvalue weighted by molar-refractivity contribution is -0.126. The highest BCUT2D eigenvalue weighted by Crippen LogP contribution is 2.23. The Hall–Kier alpha value is -2.60. The number of piperidine rings is 1. The minimum Gasteiger partial charge on any atom is -0.358 e. The van der Waals surface area contributed by atoms with Gasteiger partial charge in [-0.3, -0.25) is 9.59 Å². The van der Waals surface area contributed by atoms with E-state index >= 15 is 0 Å². The van der Waals surface area contributed by atoms with Crippen molar-refractivity contribution in [3.8, 4) is 0 Å². The van der Waals surface area contributed by atoms with E-state index in [-0.39, 0.29) is 17.7 Å². The molecule has 3 aromatic rings. The van der Waals surface area contributed by atoms with Crippen LogP contribution in [0, 0.1) is 19.8 Å². The number of nitrogens with one attached hydrogen (secondary N) is 2. The molecule has 146 valence electrons. The molecule has 1 aromatic carbocycles. The van der Waals surface area contributed by atoms with E-state index in [1.807, 2.05) is 22.4 Å². The molecule has 5 nitrogen and oxygen atoms in total. The Morgan fingerprint density at radius 2 is 2.00 bits per heavy atom. The zero-order valence-corrected chi connectivity index (χ0v) is 17.1. The van der Waals surface area contributed by atoms with Crippen LogP contribution in [0.2, 0.25) is 0 Å². The number of H-pyrrole nitrogens is 1. The van der Waals surface area contributed by atoms with Gasteiger partial charge in [0.2, 0.25) is 5.91 Å².